The van der Waals surface area contributed by atoms with Gasteiger partial charge in [0.25, 0.3) is 0 Å². The molecule has 18 heavy (non-hydrogen) atoms. The summed E-state index contributed by atoms with van der Waals surface area (Å²) >= 11 is 0. The van der Waals surface area contributed by atoms with Gasteiger partial charge in [-0.25, -0.2) is 0 Å². The van der Waals surface area contributed by atoms with Crippen LogP contribution in [0.15, 0.2) is 36.0 Å². The zero-order valence-corrected chi connectivity index (χ0v) is 10.7. The standard InChI is InChI=1S/C15H19NO2/c1-18-15-10-6-5-8-13(15)16-11-12-7-3-2-4-9-14(12)17/h5-6,8,10-11,16H,2-4,7,9H2,1H3/b12-11+. The first-order valence-corrected chi connectivity index (χ1v) is 6.43. The van der Waals surface area contributed by atoms with Crippen LogP contribution in [-0.4, -0.2) is 12.9 Å². The SMILES string of the molecule is COc1ccccc1N/C=C1\CCCCCC1=O. The summed E-state index contributed by atoms with van der Waals surface area (Å²) in [7, 11) is 1.64. The molecule has 1 aliphatic carbocycles. The van der Waals surface area contributed by atoms with Crippen LogP contribution in [0, 0.1) is 0 Å². The highest BCUT2D eigenvalue weighted by atomic mass is 16.5. The molecule has 1 aromatic carbocycles. The van der Waals surface area contributed by atoms with Gasteiger partial charge in [0.15, 0.2) is 5.78 Å². The van der Waals surface area contributed by atoms with Gasteiger partial charge in [0.2, 0.25) is 0 Å². The molecule has 0 heterocycles. The number of hydrogen-bond acceptors (Lipinski definition) is 3. The zero-order chi connectivity index (χ0) is 12.8. The number of Topliss-reactive ketones (excluding diaryl/α,β-unsaturated/α-hetero) is 1. The van der Waals surface area contributed by atoms with Crippen LogP contribution < -0.4 is 10.1 Å². The fourth-order valence-corrected chi connectivity index (χ4v) is 2.16. The quantitative estimate of drug-likeness (QED) is 0.654. The second-order valence-electron chi connectivity index (χ2n) is 4.50. The average molecular weight is 245 g/mol. The van der Waals surface area contributed by atoms with Crippen LogP contribution in [0.5, 0.6) is 5.75 Å². The van der Waals surface area contributed by atoms with E-state index in [-0.39, 0.29) is 5.78 Å². The predicted molar refractivity (Wildman–Crippen MR) is 72.8 cm³/mol. The third-order valence-corrected chi connectivity index (χ3v) is 3.22. The van der Waals surface area contributed by atoms with Crippen molar-refractivity contribution < 1.29 is 9.53 Å². The summed E-state index contributed by atoms with van der Waals surface area (Å²) in [6.45, 7) is 0. The molecule has 1 saturated carbocycles. The molecule has 3 heteroatoms. The van der Waals surface area contributed by atoms with E-state index < -0.39 is 0 Å². The van der Waals surface area contributed by atoms with E-state index in [1.165, 1.54) is 0 Å². The van der Waals surface area contributed by atoms with Gasteiger partial charge in [-0.2, -0.15) is 0 Å². The maximum atomic E-state index is 11.9. The van der Waals surface area contributed by atoms with Gasteiger partial charge in [0.1, 0.15) is 5.75 Å². The van der Waals surface area contributed by atoms with Crippen molar-refractivity contribution in [1.82, 2.24) is 0 Å². The van der Waals surface area contributed by atoms with Crippen LogP contribution >= 0.6 is 0 Å². The second kappa shape index (κ2) is 6.24. The third kappa shape index (κ3) is 3.13. The van der Waals surface area contributed by atoms with Crippen LogP contribution in [0.25, 0.3) is 0 Å². The zero-order valence-electron chi connectivity index (χ0n) is 10.7. The number of rotatable bonds is 3. The first-order valence-electron chi connectivity index (χ1n) is 6.43. The molecule has 1 fully saturated rings. The molecule has 0 saturated heterocycles. The van der Waals surface area contributed by atoms with Gasteiger partial charge in [-0.15, -0.1) is 0 Å². The van der Waals surface area contributed by atoms with Crippen LogP contribution in [0.3, 0.4) is 0 Å². The minimum Gasteiger partial charge on any atom is -0.495 e. The Hall–Kier alpha value is -1.77. The van der Waals surface area contributed by atoms with Gasteiger partial charge in [-0.05, 0) is 31.4 Å². The summed E-state index contributed by atoms with van der Waals surface area (Å²) in [5, 5.41) is 3.18. The van der Waals surface area contributed by atoms with Crippen molar-refractivity contribution in [2.45, 2.75) is 32.1 Å². The summed E-state index contributed by atoms with van der Waals surface area (Å²) < 4.78 is 5.26. The van der Waals surface area contributed by atoms with E-state index in [0.717, 1.165) is 42.7 Å². The van der Waals surface area contributed by atoms with E-state index in [4.69, 9.17) is 4.74 Å². The van der Waals surface area contributed by atoms with Crippen molar-refractivity contribution in [3.05, 3.63) is 36.0 Å². The summed E-state index contributed by atoms with van der Waals surface area (Å²) in [6.07, 6.45) is 6.67. The molecular formula is C15H19NO2. The summed E-state index contributed by atoms with van der Waals surface area (Å²) in [6, 6.07) is 7.71. The monoisotopic (exact) mass is 245 g/mol. The van der Waals surface area contributed by atoms with Crippen molar-refractivity contribution in [3.63, 3.8) is 0 Å². The van der Waals surface area contributed by atoms with E-state index in [1.807, 2.05) is 30.5 Å². The Bertz CT molecular complexity index is 452. The number of carbonyl (C=O) groups is 1. The number of para-hydroxylation sites is 2. The first-order chi connectivity index (χ1) is 8.81. The van der Waals surface area contributed by atoms with Crippen LogP contribution in [0.1, 0.15) is 32.1 Å². The molecule has 96 valence electrons. The number of benzene rings is 1. The minimum atomic E-state index is 0.273. The van der Waals surface area contributed by atoms with Gasteiger partial charge in [0, 0.05) is 18.2 Å². The Kier molecular flexibility index (Phi) is 4.40. The van der Waals surface area contributed by atoms with E-state index in [9.17, 15) is 4.79 Å². The van der Waals surface area contributed by atoms with Crippen LogP contribution in [0.2, 0.25) is 0 Å². The van der Waals surface area contributed by atoms with E-state index in [1.54, 1.807) is 7.11 Å². The molecule has 0 atom stereocenters. The molecular weight excluding hydrogens is 226 g/mol. The molecule has 1 N–H and O–H groups in total. The molecule has 0 unspecified atom stereocenters. The minimum absolute atomic E-state index is 0.273. The third-order valence-electron chi connectivity index (χ3n) is 3.22. The molecule has 0 spiro atoms. The lowest BCUT2D eigenvalue weighted by Gasteiger charge is -2.09. The van der Waals surface area contributed by atoms with Crippen molar-refractivity contribution in [2.75, 3.05) is 12.4 Å². The number of nitrogens with one attached hydrogen (secondary N) is 1. The molecule has 0 amide bonds. The van der Waals surface area contributed by atoms with Crippen molar-refractivity contribution in [3.8, 4) is 5.75 Å². The Morgan fingerprint density at radius 2 is 1.94 bits per heavy atom. The molecule has 0 aliphatic heterocycles. The molecule has 3 nitrogen and oxygen atoms in total. The number of methoxy groups -OCH3 is 1. The number of hydrogen-bond donors (Lipinski definition) is 1. The van der Waals surface area contributed by atoms with Crippen LogP contribution in [0.4, 0.5) is 5.69 Å². The Morgan fingerprint density at radius 1 is 1.17 bits per heavy atom. The summed E-state index contributed by atoms with van der Waals surface area (Å²) in [4.78, 5) is 11.9. The number of anilines is 1. The normalized spacial score (nSPS) is 18.5. The Labute approximate surface area is 108 Å². The lowest BCUT2D eigenvalue weighted by molar-refractivity contribution is -0.115. The fourth-order valence-electron chi connectivity index (χ4n) is 2.16. The second-order valence-corrected chi connectivity index (χ2v) is 4.50. The summed E-state index contributed by atoms with van der Waals surface area (Å²) in [5.74, 6) is 1.06. The number of carbonyl (C=O) groups excluding carboxylic acids is 1. The Balaban J connectivity index is 2.11. The molecule has 1 aromatic rings. The van der Waals surface area contributed by atoms with Gasteiger partial charge < -0.3 is 10.1 Å². The number of ketones is 1. The maximum absolute atomic E-state index is 11.9. The first kappa shape index (κ1) is 12.7. The predicted octanol–water partition coefficient (Wildman–Crippen LogP) is 3.52. The van der Waals surface area contributed by atoms with Crippen molar-refractivity contribution in [1.29, 1.82) is 0 Å². The lowest BCUT2D eigenvalue weighted by atomic mass is 10.1. The van der Waals surface area contributed by atoms with Gasteiger partial charge in [0.05, 0.1) is 12.8 Å². The lowest BCUT2D eigenvalue weighted by Crippen LogP contribution is -2.03. The maximum Gasteiger partial charge on any atom is 0.160 e. The molecule has 1 aliphatic rings. The van der Waals surface area contributed by atoms with E-state index in [2.05, 4.69) is 5.32 Å². The van der Waals surface area contributed by atoms with E-state index in [0.29, 0.717) is 6.42 Å². The van der Waals surface area contributed by atoms with E-state index >= 15 is 0 Å². The van der Waals surface area contributed by atoms with Crippen molar-refractivity contribution >= 4 is 11.5 Å². The molecule has 0 aromatic heterocycles. The highest BCUT2D eigenvalue weighted by Crippen LogP contribution is 2.24. The summed E-state index contributed by atoms with van der Waals surface area (Å²) in [5.41, 5.74) is 1.79. The smallest absolute Gasteiger partial charge is 0.160 e. The van der Waals surface area contributed by atoms with Crippen molar-refractivity contribution in [2.24, 2.45) is 0 Å². The van der Waals surface area contributed by atoms with Crippen LogP contribution in [-0.2, 0) is 4.79 Å². The molecule has 0 radical (unpaired) electrons. The van der Waals surface area contributed by atoms with Gasteiger partial charge in [-0.1, -0.05) is 18.6 Å². The molecule has 0 bridgehead atoms. The Morgan fingerprint density at radius 3 is 2.78 bits per heavy atom. The topological polar surface area (TPSA) is 38.3 Å². The van der Waals surface area contributed by atoms with Gasteiger partial charge >= 0.3 is 0 Å². The average Bonchev–Trinajstić information content (AvgIpc) is 2.61. The number of allylic oxidation sites excluding steroid dienone is 1. The molecule has 2 rings (SSSR count). The fraction of sp³-hybridized carbons (Fsp3) is 0.400. The highest BCUT2D eigenvalue weighted by molar-refractivity contribution is 5.95. The highest BCUT2D eigenvalue weighted by Gasteiger charge is 2.13. The number of ether oxygens (including phenoxy) is 1. The largest absolute Gasteiger partial charge is 0.495 e. The van der Waals surface area contributed by atoms with Gasteiger partial charge in [-0.3, -0.25) is 4.79 Å².